The van der Waals surface area contributed by atoms with E-state index in [9.17, 15) is 0 Å². The normalized spacial score (nSPS) is 17.2. The molecule has 0 radical (unpaired) electrons. The van der Waals surface area contributed by atoms with Crippen LogP contribution >= 0.6 is 11.8 Å². The minimum atomic E-state index is 0.682. The van der Waals surface area contributed by atoms with Gasteiger partial charge in [-0.3, -0.25) is 15.4 Å². The van der Waals surface area contributed by atoms with Crippen LogP contribution in [0.1, 0.15) is 6.42 Å². The zero-order valence-corrected chi connectivity index (χ0v) is 10.8. The Kier molecular flexibility index (Phi) is 4.09. The van der Waals surface area contributed by atoms with Gasteiger partial charge in [-0.05, 0) is 24.5 Å². The zero-order chi connectivity index (χ0) is 12.1. The molecule has 0 spiro atoms. The van der Waals surface area contributed by atoms with Crippen molar-refractivity contribution in [3.8, 4) is 0 Å². The predicted molar refractivity (Wildman–Crippen MR) is 75.8 cm³/mol. The fourth-order valence-electron chi connectivity index (χ4n) is 1.75. The van der Waals surface area contributed by atoms with Gasteiger partial charge in [0, 0.05) is 17.9 Å². The van der Waals surface area contributed by atoms with Crippen LogP contribution in [0.3, 0.4) is 0 Å². The summed E-state index contributed by atoms with van der Waals surface area (Å²) in [7, 11) is 0. The Labute approximate surface area is 107 Å². The highest BCUT2D eigenvalue weighted by molar-refractivity contribution is 7.98. The summed E-state index contributed by atoms with van der Waals surface area (Å²) in [5.41, 5.74) is 4.51. The van der Waals surface area contributed by atoms with Crippen LogP contribution in [0.5, 0.6) is 0 Å². The summed E-state index contributed by atoms with van der Waals surface area (Å²) >= 11 is 1.76. The second-order valence-corrected chi connectivity index (χ2v) is 4.67. The molecule has 0 bridgehead atoms. The first-order valence-electron chi connectivity index (χ1n) is 5.66. The van der Waals surface area contributed by atoms with Crippen molar-refractivity contribution in [2.45, 2.75) is 11.3 Å². The van der Waals surface area contributed by atoms with Gasteiger partial charge in [-0.15, -0.1) is 18.3 Å². The lowest BCUT2D eigenvalue weighted by Gasteiger charge is -2.18. The Hall–Kier alpha value is -1.42. The van der Waals surface area contributed by atoms with E-state index in [1.807, 2.05) is 6.08 Å². The minimum absolute atomic E-state index is 0.682. The van der Waals surface area contributed by atoms with Gasteiger partial charge in [0.15, 0.2) is 0 Å². The molecule has 90 valence electrons. The summed E-state index contributed by atoms with van der Waals surface area (Å²) in [5.74, 6) is 1.04. The maximum atomic E-state index is 4.40. The van der Waals surface area contributed by atoms with Gasteiger partial charge in [-0.25, -0.2) is 0 Å². The topological polar surface area (TPSA) is 27.6 Å². The van der Waals surface area contributed by atoms with Gasteiger partial charge in [0.1, 0.15) is 5.84 Å². The molecule has 17 heavy (non-hydrogen) atoms. The van der Waals surface area contributed by atoms with Crippen LogP contribution in [0.2, 0.25) is 0 Å². The molecule has 1 aliphatic rings. The van der Waals surface area contributed by atoms with E-state index in [0.717, 1.165) is 18.8 Å². The van der Waals surface area contributed by atoms with Crippen LogP contribution in [-0.2, 0) is 0 Å². The maximum absolute atomic E-state index is 4.40. The van der Waals surface area contributed by atoms with Gasteiger partial charge in [-0.2, -0.15) is 0 Å². The number of anilines is 1. The molecular formula is C13H17N3S. The number of thioether (sulfide) groups is 1. The van der Waals surface area contributed by atoms with Crippen molar-refractivity contribution in [2.75, 3.05) is 24.4 Å². The van der Waals surface area contributed by atoms with Crippen LogP contribution in [0, 0.1) is 0 Å². The third-order valence-corrected chi connectivity index (χ3v) is 3.34. The highest BCUT2D eigenvalue weighted by Crippen LogP contribution is 2.22. The summed E-state index contributed by atoms with van der Waals surface area (Å²) in [6.45, 7) is 5.32. The molecule has 1 aromatic rings. The molecule has 0 amide bonds. The van der Waals surface area contributed by atoms with Crippen molar-refractivity contribution in [1.29, 1.82) is 0 Å². The second kappa shape index (κ2) is 5.77. The van der Waals surface area contributed by atoms with Crippen molar-refractivity contribution >= 4 is 23.3 Å². The highest BCUT2D eigenvalue weighted by Gasteiger charge is 2.16. The smallest absolute Gasteiger partial charge is 0.117 e. The molecule has 1 aliphatic heterocycles. The molecule has 0 saturated carbocycles. The van der Waals surface area contributed by atoms with Crippen LogP contribution < -0.4 is 10.4 Å². The number of amidine groups is 1. The van der Waals surface area contributed by atoms with E-state index in [0.29, 0.717) is 6.54 Å². The zero-order valence-electron chi connectivity index (χ0n) is 10.0. The van der Waals surface area contributed by atoms with Gasteiger partial charge in [0.2, 0.25) is 0 Å². The largest absolute Gasteiger partial charge is 0.286 e. The third-order valence-electron chi connectivity index (χ3n) is 2.61. The first-order chi connectivity index (χ1) is 8.33. The van der Waals surface area contributed by atoms with Crippen LogP contribution in [0.4, 0.5) is 5.69 Å². The molecule has 0 aromatic heterocycles. The van der Waals surface area contributed by atoms with Crippen molar-refractivity contribution < 1.29 is 0 Å². The average Bonchev–Trinajstić information content (AvgIpc) is 2.85. The quantitative estimate of drug-likeness (QED) is 0.655. The second-order valence-electron chi connectivity index (χ2n) is 3.79. The SMILES string of the molecule is C=CCN=C1CCN(c2cccc(SC)c2)N1. The summed E-state index contributed by atoms with van der Waals surface area (Å²) in [6.07, 6.45) is 4.87. The van der Waals surface area contributed by atoms with Crippen LogP contribution in [0.15, 0.2) is 46.8 Å². The van der Waals surface area contributed by atoms with Gasteiger partial charge < -0.3 is 0 Å². The monoisotopic (exact) mass is 247 g/mol. The number of hydrazine groups is 1. The van der Waals surface area contributed by atoms with E-state index < -0.39 is 0 Å². The summed E-state index contributed by atoms with van der Waals surface area (Å²) in [6, 6.07) is 8.51. The summed E-state index contributed by atoms with van der Waals surface area (Å²) in [5, 5.41) is 2.14. The van der Waals surface area contributed by atoms with Gasteiger partial charge in [0.25, 0.3) is 0 Å². The lowest BCUT2D eigenvalue weighted by molar-refractivity contribution is 0.855. The van der Waals surface area contributed by atoms with E-state index in [4.69, 9.17) is 0 Å². The number of nitrogens with zero attached hydrogens (tertiary/aromatic N) is 2. The van der Waals surface area contributed by atoms with E-state index in [2.05, 4.69) is 52.5 Å². The average molecular weight is 247 g/mol. The van der Waals surface area contributed by atoms with Gasteiger partial charge in [-0.1, -0.05) is 12.1 Å². The molecule has 2 rings (SSSR count). The molecule has 1 heterocycles. The molecule has 0 atom stereocenters. The number of rotatable bonds is 4. The van der Waals surface area contributed by atoms with Gasteiger partial charge >= 0.3 is 0 Å². The Balaban J connectivity index is 2.06. The first-order valence-corrected chi connectivity index (χ1v) is 6.88. The first kappa shape index (κ1) is 12.0. The van der Waals surface area contributed by atoms with Crippen molar-refractivity contribution in [1.82, 2.24) is 5.43 Å². The Morgan fingerprint density at radius 2 is 2.47 bits per heavy atom. The molecule has 1 saturated heterocycles. The Bertz CT molecular complexity index is 428. The van der Waals surface area contributed by atoms with E-state index in [1.165, 1.54) is 10.6 Å². The Morgan fingerprint density at radius 3 is 3.24 bits per heavy atom. The van der Waals surface area contributed by atoms with E-state index >= 15 is 0 Å². The summed E-state index contributed by atoms with van der Waals surface area (Å²) in [4.78, 5) is 5.68. The molecule has 1 aromatic carbocycles. The fraction of sp³-hybridized carbons (Fsp3) is 0.308. The van der Waals surface area contributed by atoms with Crippen molar-refractivity contribution in [2.24, 2.45) is 4.99 Å². The van der Waals surface area contributed by atoms with Gasteiger partial charge in [0.05, 0.1) is 12.2 Å². The van der Waals surface area contributed by atoms with E-state index in [1.54, 1.807) is 11.8 Å². The molecule has 1 N–H and O–H groups in total. The number of hydrogen-bond donors (Lipinski definition) is 1. The molecule has 1 fully saturated rings. The predicted octanol–water partition coefficient (Wildman–Crippen LogP) is 2.71. The number of hydrogen-bond acceptors (Lipinski definition) is 3. The minimum Gasteiger partial charge on any atom is -0.286 e. The Morgan fingerprint density at radius 1 is 1.59 bits per heavy atom. The number of benzene rings is 1. The van der Waals surface area contributed by atoms with Crippen molar-refractivity contribution in [3.05, 3.63) is 36.9 Å². The standard InChI is InChI=1S/C13H17N3S/c1-3-8-14-13-7-9-16(15-13)11-5-4-6-12(10-11)17-2/h3-6,10H,1,7-9H2,2H3,(H,14,15). The molecule has 0 aliphatic carbocycles. The molecular weight excluding hydrogens is 230 g/mol. The third kappa shape index (κ3) is 3.03. The number of nitrogens with one attached hydrogen (secondary N) is 1. The van der Waals surface area contributed by atoms with E-state index in [-0.39, 0.29) is 0 Å². The molecule has 4 heteroatoms. The maximum Gasteiger partial charge on any atom is 0.117 e. The van der Waals surface area contributed by atoms with Crippen molar-refractivity contribution in [3.63, 3.8) is 0 Å². The lowest BCUT2D eigenvalue weighted by atomic mass is 10.3. The number of aliphatic imine (C=N–C) groups is 1. The lowest BCUT2D eigenvalue weighted by Crippen LogP contribution is -2.33. The molecule has 3 nitrogen and oxygen atoms in total. The van der Waals surface area contributed by atoms with Crippen LogP contribution in [-0.4, -0.2) is 25.2 Å². The fourth-order valence-corrected chi connectivity index (χ4v) is 2.20. The summed E-state index contributed by atoms with van der Waals surface area (Å²) < 4.78 is 0. The van der Waals surface area contributed by atoms with Crippen LogP contribution in [0.25, 0.3) is 0 Å². The molecule has 0 unspecified atom stereocenters. The highest BCUT2D eigenvalue weighted by atomic mass is 32.2.